The molecule has 0 aliphatic carbocycles. The van der Waals surface area contributed by atoms with E-state index in [4.69, 9.17) is 9.47 Å². The molecule has 5 heteroatoms. The van der Waals surface area contributed by atoms with Gasteiger partial charge in [-0.2, -0.15) is 0 Å². The van der Waals surface area contributed by atoms with Crippen LogP contribution in [0.15, 0.2) is 36.4 Å². The molecule has 0 spiro atoms. The molecule has 0 bridgehead atoms. The van der Waals surface area contributed by atoms with Crippen LogP contribution < -0.4 is 0 Å². The zero-order valence-corrected chi connectivity index (χ0v) is 12.0. The number of aliphatic hydroxyl groups excluding tert-OH is 1. The largest absolute Gasteiger partial charge is 0.462 e. The first kappa shape index (κ1) is 15.3. The maximum atomic E-state index is 11.8. The summed E-state index contributed by atoms with van der Waals surface area (Å²) in [6, 6.07) is 9.25. The van der Waals surface area contributed by atoms with Crippen molar-refractivity contribution in [3.63, 3.8) is 0 Å². The molecule has 1 aliphatic rings. The third kappa shape index (κ3) is 3.70. The minimum atomic E-state index is -1.42. The van der Waals surface area contributed by atoms with E-state index in [9.17, 15) is 14.7 Å². The number of aliphatic hydroxyl groups is 1. The first-order valence-corrected chi connectivity index (χ1v) is 6.68. The molecule has 112 valence electrons. The van der Waals surface area contributed by atoms with Gasteiger partial charge in [0.05, 0.1) is 0 Å². The van der Waals surface area contributed by atoms with E-state index >= 15 is 0 Å². The van der Waals surface area contributed by atoms with Gasteiger partial charge < -0.3 is 14.6 Å². The number of esters is 2. The molecule has 1 aromatic carbocycles. The lowest BCUT2D eigenvalue weighted by Crippen LogP contribution is -2.37. The summed E-state index contributed by atoms with van der Waals surface area (Å²) in [5, 5.41) is 9.78. The van der Waals surface area contributed by atoms with Crippen molar-refractivity contribution in [3.8, 4) is 0 Å². The topological polar surface area (TPSA) is 72.8 Å². The van der Waals surface area contributed by atoms with Crippen molar-refractivity contribution in [1.82, 2.24) is 0 Å². The number of carbonyl (C=O) groups excluding carboxylic acids is 2. The van der Waals surface area contributed by atoms with Crippen molar-refractivity contribution in [2.75, 3.05) is 6.61 Å². The fourth-order valence-electron chi connectivity index (χ4n) is 1.97. The van der Waals surface area contributed by atoms with Crippen LogP contribution in [0.1, 0.15) is 19.4 Å². The third-order valence-electron chi connectivity index (χ3n) is 3.26. The molecule has 0 saturated carbocycles. The molecule has 2 rings (SSSR count). The van der Waals surface area contributed by atoms with Crippen molar-refractivity contribution < 1.29 is 24.2 Å². The lowest BCUT2D eigenvalue weighted by atomic mass is 9.90. The summed E-state index contributed by atoms with van der Waals surface area (Å²) in [7, 11) is 0. The summed E-state index contributed by atoms with van der Waals surface area (Å²) < 4.78 is 9.95. The van der Waals surface area contributed by atoms with E-state index in [0.717, 1.165) is 5.56 Å². The molecule has 1 N–H and O–H groups in total. The molecule has 5 nitrogen and oxygen atoms in total. The van der Waals surface area contributed by atoms with E-state index in [-0.39, 0.29) is 6.61 Å². The van der Waals surface area contributed by atoms with Gasteiger partial charge in [0, 0.05) is 5.41 Å². The van der Waals surface area contributed by atoms with Gasteiger partial charge >= 0.3 is 11.9 Å². The van der Waals surface area contributed by atoms with Crippen molar-refractivity contribution in [3.05, 3.63) is 42.0 Å². The van der Waals surface area contributed by atoms with E-state index in [1.165, 1.54) is 6.08 Å². The molecule has 0 radical (unpaired) electrons. The molecule has 1 heterocycles. The van der Waals surface area contributed by atoms with Crippen LogP contribution in [0, 0.1) is 5.41 Å². The van der Waals surface area contributed by atoms with Gasteiger partial charge in [0.15, 0.2) is 6.10 Å². The number of carbonyl (C=O) groups is 2. The Kier molecular flexibility index (Phi) is 4.43. The smallest absolute Gasteiger partial charge is 0.348 e. The second-order valence-electron chi connectivity index (χ2n) is 5.63. The Morgan fingerprint density at radius 3 is 2.67 bits per heavy atom. The first-order chi connectivity index (χ1) is 9.90. The number of hydrogen-bond donors (Lipinski definition) is 1. The molecule has 1 aliphatic heterocycles. The van der Waals surface area contributed by atoms with Gasteiger partial charge in [-0.15, -0.1) is 0 Å². The lowest BCUT2D eigenvalue weighted by Gasteiger charge is -2.22. The van der Waals surface area contributed by atoms with Gasteiger partial charge in [0.25, 0.3) is 0 Å². The van der Waals surface area contributed by atoms with Crippen LogP contribution in [0.5, 0.6) is 0 Å². The average molecular weight is 290 g/mol. The van der Waals surface area contributed by atoms with Crippen molar-refractivity contribution in [2.24, 2.45) is 5.41 Å². The van der Waals surface area contributed by atoms with E-state index in [1.807, 2.05) is 30.3 Å². The molecular formula is C16H18O5. The summed E-state index contributed by atoms with van der Waals surface area (Å²) >= 11 is 0. The predicted octanol–water partition coefficient (Wildman–Crippen LogP) is 1.56. The fourth-order valence-corrected chi connectivity index (χ4v) is 1.97. The minimum Gasteiger partial charge on any atom is -0.462 e. The Balaban J connectivity index is 1.97. The molecule has 0 aromatic heterocycles. The van der Waals surface area contributed by atoms with Crippen LogP contribution in [0.2, 0.25) is 0 Å². The quantitative estimate of drug-likeness (QED) is 0.852. The normalized spacial score (nSPS) is 22.0. The number of hydrogen-bond acceptors (Lipinski definition) is 5. The monoisotopic (exact) mass is 290 g/mol. The second-order valence-corrected chi connectivity index (χ2v) is 5.63. The van der Waals surface area contributed by atoms with Crippen molar-refractivity contribution in [2.45, 2.75) is 26.1 Å². The average Bonchev–Trinajstić information content (AvgIpc) is 2.72. The molecule has 1 fully saturated rings. The van der Waals surface area contributed by atoms with Gasteiger partial charge in [-0.3, -0.25) is 0 Å². The predicted molar refractivity (Wildman–Crippen MR) is 76.1 cm³/mol. The SMILES string of the molecule is CC1(C)COC(=O)[C@@H]1OC(=O)[C@@H](O)/C=C/c1ccccc1. The highest BCUT2D eigenvalue weighted by Gasteiger charge is 2.47. The Morgan fingerprint density at radius 2 is 2.10 bits per heavy atom. The zero-order chi connectivity index (χ0) is 15.5. The van der Waals surface area contributed by atoms with Crippen LogP contribution in [0.4, 0.5) is 0 Å². The molecule has 0 unspecified atom stereocenters. The van der Waals surface area contributed by atoms with E-state index in [0.29, 0.717) is 0 Å². The molecule has 1 saturated heterocycles. The summed E-state index contributed by atoms with van der Waals surface area (Å²) in [6.07, 6.45) is 0.536. The number of benzene rings is 1. The highest BCUT2D eigenvalue weighted by Crippen LogP contribution is 2.31. The summed E-state index contributed by atoms with van der Waals surface area (Å²) in [6.45, 7) is 3.73. The first-order valence-electron chi connectivity index (χ1n) is 6.68. The molecule has 0 amide bonds. The fraction of sp³-hybridized carbons (Fsp3) is 0.375. The maximum Gasteiger partial charge on any atom is 0.348 e. The number of ether oxygens (including phenoxy) is 2. The zero-order valence-electron chi connectivity index (χ0n) is 12.0. The highest BCUT2D eigenvalue weighted by molar-refractivity contribution is 5.84. The Labute approximate surface area is 123 Å². The molecule has 21 heavy (non-hydrogen) atoms. The summed E-state index contributed by atoms with van der Waals surface area (Å²) in [4.78, 5) is 23.4. The minimum absolute atomic E-state index is 0.194. The van der Waals surface area contributed by atoms with Gasteiger partial charge in [-0.1, -0.05) is 50.3 Å². The van der Waals surface area contributed by atoms with Gasteiger partial charge in [0.2, 0.25) is 6.10 Å². The van der Waals surface area contributed by atoms with Crippen LogP contribution in [0.3, 0.4) is 0 Å². The highest BCUT2D eigenvalue weighted by atomic mass is 16.6. The standard InChI is InChI=1S/C16H18O5/c1-16(2)10-20-15(19)13(16)21-14(18)12(17)9-8-11-6-4-3-5-7-11/h3-9,12-13,17H,10H2,1-2H3/b9-8+/t12-,13-/m0/s1. The number of cyclic esters (lactones) is 1. The summed E-state index contributed by atoms with van der Waals surface area (Å²) in [5.41, 5.74) is 0.264. The number of rotatable bonds is 4. The maximum absolute atomic E-state index is 11.8. The van der Waals surface area contributed by atoms with Crippen molar-refractivity contribution >= 4 is 18.0 Å². The van der Waals surface area contributed by atoms with Gasteiger partial charge in [-0.25, -0.2) is 9.59 Å². The van der Waals surface area contributed by atoms with Crippen molar-refractivity contribution in [1.29, 1.82) is 0 Å². The van der Waals surface area contributed by atoms with Gasteiger partial charge in [0.1, 0.15) is 6.61 Å². The molecule has 1 aromatic rings. The van der Waals surface area contributed by atoms with Crippen LogP contribution in [0.25, 0.3) is 6.08 Å². The van der Waals surface area contributed by atoms with Crippen LogP contribution in [-0.2, 0) is 19.1 Å². The van der Waals surface area contributed by atoms with Crippen LogP contribution in [-0.4, -0.2) is 35.9 Å². The lowest BCUT2D eigenvalue weighted by molar-refractivity contribution is -0.167. The Bertz CT molecular complexity index is 547. The van der Waals surface area contributed by atoms with Gasteiger partial charge in [-0.05, 0) is 11.6 Å². The Hall–Kier alpha value is -2.14. The van der Waals surface area contributed by atoms with E-state index in [1.54, 1.807) is 19.9 Å². The van der Waals surface area contributed by atoms with E-state index < -0.39 is 29.6 Å². The molecule has 2 atom stereocenters. The van der Waals surface area contributed by atoms with E-state index in [2.05, 4.69) is 0 Å². The Morgan fingerprint density at radius 1 is 1.43 bits per heavy atom. The molecular weight excluding hydrogens is 272 g/mol. The second kappa shape index (κ2) is 6.10. The summed E-state index contributed by atoms with van der Waals surface area (Å²) in [5.74, 6) is -1.44. The van der Waals surface area contributed by atoms with Crippen LogP contribution >= 0.6 is 0 Å². The third-order valence-corrected chi connectivity index (χ3v) is 3.26.